The summed E-state index contributed by atoms with van der Waals surface area (Å²) in [5, 5.41) is 1.89. The van der Waals surface area contributed by atoms with Gasteiger partial charge in [0.05, 0.1) is 0 Å². The van der Waals surface area contributed by atoms with Gasteiger partial charge in [-0.3, -0.25) is 0 Å². The minimum atomic E-state index is 0.601. The summed E-state index contributed by atoms with van der Waals surface area (Å²) in [7, 11) is 0. The highest BCUT2D eigenvalue weighted by molar-refractivity contribution is 9.10. The molecule has 0 saturated carbocycles. The van der Waals surface area contributed by atoms with Crippen LogP contribution in [0.15, 0.2) is 33.4 Å². The van der Waals surface area contributed by atoms with Crippen molar-refractivity contribution in [3.05, 3.63) is 34.6 Å². The standard InChI is InChI=1S/C11H7BrN2OS/c1-6-2-3-8-7(4-6)5-9(15-8)10-13-11(12)14-16-10/h2-5H,1H3. The fourth-order valence-corrected chi connectivity index (χ4v) is 2.61. The van der Waals surface area contributed by atoms with E-state index in [0.717, 1.165) is 21.7 Å². The molecule has 3 rings (SSSR count). The molecular formula is C11H7BrN2OS. The summed E-state index contributed by atoms with van der Waals surface area (Å²) in [5.41, 5.74) is 2.10. The second-order valence-electron chi connectivity index (χ2n) is 3.52. The van der Waals surface area contributed by atoms with Crippen LogP contribution in [0.25, 0.3) is 21.7 Å². The van der Waals surface area contributed by atoms with Gasteiger partial charge in [-0.15, -0.1) is 0 Å². The Bertz CT molecular complexity index is 659. The van der Waals surface area contributed by atoms with Crippen LogP contribution < -0.4 is 0 Å². The number of hydrogen-bond acceptors (Lipinski definition) is 4. The smallest absolute Gasteiger partial charge is 0.209 e. The van der Waals surface area contributed by atoms with Crippen LogP contribution in [0.5, 0.6) is 0 Å². The maximum Gasteiger partial charge on any atom is 0.209 e. The SMILES string of the molecule is Cc1ccc2oc(-c3nc(Br)ns3)cc2c1. The van der Waals surface area contributed by atoms with E-state index in [1.165, 1.54) is 17.1 Å². The quantitative estimate of drug-likeness (QED) is 0.680. The Balaban J connectivity index is 2.18. The fraction of sp³-hybridized carbons (Fsp3) is 0.0909. The highest BCUT2D eigenvalue weighted by Crippen LogP contribution is 2.30. The molecule has 3 aromatic rings. The van der Waals surface area contributed by atoms with Gasteiger partial charge in [-0.1, -0.05) is 11.6 Å². The Morgan fingerprint density at radius 1 is 1.31 bits per heavy atom. The number of fused-ring (bicyclic) bond motifs is 1. The minimum Gasteiger partial charge on any atom is -0.453 e. The lowest BCUT2D eigenvalue weighted by Crippen LogP contribution is -1.69. The molecule has 0 unspecified atom stereocenters. The van der Waals surface area contributed by atoms with Crippen LogP contribution in [0.2, 0.25) is 0 Å². The zero-order valence-corrected chi connectivity index (χ0v) is 10.8. The first-order chi connectivity index (χ1) is 7.72. The first kappa shape index (κ1) is 9.99. The van der Waals surface area contributed by atoms with Gasteiger partial charge >= 0.3 is 0 Å². The summed E-state index contributed by atoms with van der Waals surface area (Å²) < 4.78 is 10.4. The maximum absolute atomic E-state index is 5.71. The van der Waals surface area contributed by atoms with Crippen molar-refractivity contribution in [1.29, 1.82) is 0 Å². The molecule has 0 amide bonds. The molecule has 2 heterocycles. The van der Waals surface area contributed by atoms with Gasteiger partial charge < -0.3 is 4.42 Å². The summed E-state index contributed by atoms with van der Waals surface area (Å²) in [6.45, 7) is 2.06. The molecule has 0 aliphatic carbocycles. The molecule has 0 radical (unpaired) electrons. The van der Waals surface area contributed by atoms with E-state index < -0.39 is 0 Å². The van der Waals surface area contributed by atoms with Gasteiger partial charge in [0.15, 0.2) is 10.8 Å². The Labute approximate surface area is 104 Å². The summed E-state index contributed by atoms with van der Waals surface area (Å²) >= 11 is 4.55. The van der Waals surface area contributed by atoms with Crippen LogP contribution in [0.4, 0.5) is 0 Å². The van der Waals surface area contributed by atoms with Crippen molar-refractivity contribution in [2.75, 3.05) is 0 Å². The lowest BCUT2D eigenvalue weighted by atomic mass is 10.2. The number of halogens is 1. The molecule has 0 spiro atoms. The molecule has 0 bridgehead atoms. The lowest BCUT2D eigenvalue weighted by molar-refractivity contribution is 0.630. The number of hydrogen-bond donors (Lipinski definition) is 0. The number of furan rings is 1. The predicted molar refractivity (Wildman–Crippen MR) is 67.6 cm³/mol. The van der Waals surface area contributed by atoms with Crippen molar-refractivity contribution < 1.29 is 4.42 Å². The lowest BCUT2D eigenvalue weighted by Gasteiger charge is -1.89. The monoisotopic (exact) mass is 294 g/mol. The fourth-order valence-electron chi connectivity index (χ4n) is 1.57. The largest absolute Gasteiger partial charge is 0.453 e. The van der Waals surface area contributed by atoms with Crippen LogP contribution >= 0.6 is 27.5 Å². The minimum absolute atomic E-state index is 0.601. The van der Waals surface area contributed by atoms with Crippen molar-refractivity contribution >= 4 is 38.4 Å². The van der Waals surface area contributed by atoms with E-state index in [1.54, 1.807) is 0 Å². The van der Waals surface area contributed by atoms with Crippen molar-refractivity contribution in [3.8, 4) is 10.8 Å². The van der Waals surface area contributed by atoms with E-state index in [1.807, 2.05) is 18.2 Å². The Hall–Kier alpha value is -1.20. The predicted octanol–water partition coefficient (Wildman–Crippen LogP) is 4.02. The van der Waals surface area contributed by atoms with Crippen molar-refractivity contribution in [2.45, 2.75) is 6.92 Å². The third kappa shape index (κ3) is 1.66. The van der Waals surface area contributed by atoms with Crippen molar-refractivity contribution in [2.24, 2.45) is 0 Å². The van der Waals surface area contributed by atoms with Gasteiger partial charge in [-0.2, -0.15) is 4.37 Å². The molecule has 0 fully saturated rings. The molecule has 0 aliphatic rings. The molecule has 5 heteroatoms. The van der Waals surface area contributed by atoms with Gasteiger partial charge in [-0.25, -0.2) is 4.98 Å². The summed E-state index contributed by atoms with van der Waals surface area (Å²) in [5.74, 6) is 0.767. The highest BCUT2D eigenvalue weighted by Gasteiger charge is 2.10. The number of aryl methyl sites for hydroxylation is 1. The normalized spacial score (nSPS) is 11.1. The van der Waals surface area contributed by atoms with Crippen molar-refractivity contribution in [3.63, 3.8) is 0 Å². The second-order valence-corrected chi connectivity index (χ2v) is 4.98. The molecule has 0 atom stereocenters. The van der Waals surface area contributed by atoms with Crippen LogP contribution in [0.3, 0.4) is 0 Å². The van der Waals surface area contributed by atoms with Gasteiger partial charge in [-0.05, 0) is 52.6 Å². The first-order valence-corrected chi connectivity index (χ1v) is 6.29. The van der Waals surface area contributed by atoms with E-state index in [-0.39, 0.29) is 0 Å². The first-order valence-electron chi connectivity index (χ1n) is 4.72. The van der Waals surface area contributed by atoms with Gasteiger partial charge in [0.25, 0.3) is 0 Å². The molecular weight excluding hydrogens is 288 g/mol. The third-order valence-corrected chi connectivity index (χ3v) is 3.60. The summed E-state index contributed by atoms with van der Waals surface area (Å²) in [6.07, 6.45) is 0. The number of nitrogens with zero attached hydrogens (tertiary/aromatic N) is 2. The Morgan fingerprint density at radius 2 is 2.19 bits per heavy atom. The summed E-state index contributed by atoms with van der Waals surface area (Å²) in [6, 6.07) is 8.10. The third-order valence-electron chi connectivity index (χ3n) is 2.28. The zero-order valence-electron chi connectivity index (χ0n) is 8.40. The average molecular weight is 295 g/mol. The molecule has 3 nitrogen and oxygen atoms in total. The number of benzene rings is 1. The Kier molecular flexibility index (Phi) is 2.29. The zero-order chi connectivity index (χ0) is 11.1. The van der Waals surface area contributed by atoms with E-state index in [4.69, 9.17) is 4.42 Å². The molecule has 80 valence electrons. The summed E-state index contributed by atoms with van der Waals surface area (Å²) in [4.78, 5) is 4.23. The van der Waals surface area contributed by atoms with E-state index in [0.29, 0.717) is 4.73 Å². The topological polar surface area (TPSA) is 38.9 Å². The van der Waals surface area contributed by atoms with Crippen LogP contribution in [0.1, 0.15) is 5.56 Å². The Morgan fingerprint density at radius 3 is 2.94 bits per heavy atom. The molecule has 1 aromatic carbocycles. The number of aromatic nitrogens is 2. The number of rotatable bonds is 1. The molecule has 2 aromatic heterocycles. The van der Waals surface area contributed by atoms with Gasteiger partial charge in [0.2, 0.25) is 4.73 Å². The second kappa shape index (κ2) is 3.68. The van der Waals surface area contributed by atoms with Gasteiger partial charge in [0.1, 0.15) is 5.58 Å². The van der Waals surface area contributed by atoms with Crippen molar-refractivity contribution in [1.82, 2.24) is 9.36 Å². The molecule has 0 saturated heterocycles. The maximum atomic E-state index is 5.71. The van der Waals surface area contributed by atoms with Crippen LogP contribution in [-0.2, 0) is 0 Å². The van der Waals surface area contributed by atoms with E-state index >= 15 is 0 Å². The van der Waals surface area contributed by atoms with Crippen LogP contribution in [-0.4, -0.2) is 9.36 Å². The van der Waals surface area contributed by atoms with E-state index in [9.17, 15) is 0 Å². The van der Waals surface area contributed by atoms with Crippen LogP contribution in [0, 0.1) is 6.92 Å². The molecule has 16 heavy (non-hydrogen) atoms. The molecule has 0 N–H and O–H groups in total. The van der Waals surface area contributed by atoms with Gasteiger partial charge in [0, 0.05) is 5.39 Å². The van der Waals surface area contributed by atoms with E-state index in [2.05, 4.69) is 38.3 Å². The highest BCUT2D eigenvalue weighted by atomic mass is 79.9. The average Bonchev–Trinajstić information content (AvgIpc) is 2.83. The molecule has 0 aliphatic heterocycles.